The Kier molecular flexibility index (Phi) is 10.3. The Morgan fingerprint density at radius 1 is 1.27 bits per heavy atom. The van der Waals surface area contributed by atoms with Gasteiger partial charge in [0.15, 0.2) is 0 Å². The Bertz CT molecular complexity index is 225. The van der Waals surface area contributed by atoms with E-state index < -0.39 is 18.2 Å². The molecule has 0 aromatic heterocycles. The second-order valence-electron chi connectivity index (χ2n) is 0.993. The summed E-state index contributed by atoms with van der Waals surface area (Å²) in [5.74, 6) is 0. The van der Waals surface area contributed by atoms with Crippen molar-refractivity contribution in [2.75, 3.05) is 0 Å². The van der Waals surface area contributed by atoms with Crippen LogP contribution in [-0.2, 0) is 18.9 Å². The minimum absolute atomic E-state index is 0. The van der Waals surface area contributed by atoms with Gasteiger partial charge in [0, 0.05) is 0 Å². The molecule has 66 valence electrons. The van der Waals surface area contributed by atoms with Crippen molar-refractivity contribution in [1.82, 2.24) is 6.15 Å². The van der Waals surface area contributed by atoms with Gasteiger partial charge < -0.3 is 15.9 Å². The van der Waals surface area contributed by atoms with Gasteiger partial charge in [-0.15, -0.1) is 3.97 Å². The van der Waals surface area contributed by atoms with Crippen molar-refractivity contribution < 1.29 is 31.3 Å². The van der Waals surface area contributed by atoms with Crippen LogP contribution in [0.15, 0.2) is 0 Å². The van der Waals surface area contributed by atoms with E-state index in [2.05, 4.69) is 3.97 Å². The molecule has 0 aliphatic carbocycles. The molecule has 0 aromatic rings. The van der Waals surface area contributed by atoms with Crippen LogP contribution in [0.4, 0.5) is 0 Å². The van der Waals surface area contributed by atoms with E-state index in [1.54, 1.807) is 0 Å². The van der Waals surface area contributed by atoms with E-state index in [1.165, 1.54) is 0 Å². The first-order valence-corrected chi connectivity index (χ1v) is 4.34. The molecule has 0 saturated carbocycles. The summed E-state index contributed by atoms with van der Waals surface area (Å²) >= 11 is 0. The first-order valence-electron chi connectivity index (χ1n) is 1.45. The average Bonchev–Trinajstić information content (AvgIpc) is 1.14. The Balaban J connectivity index is -0.000000320. The molecule has 0 aliphatic rings. The first kappa shape index (κ1) is 18.4. The van der Waals surface area contributed by atoms with E-state index in [1.807, 2.05) is 0 Å². The molecule has 0 radical (unpaired) electrons. The predicted molar refractivity (Wildman–Crippen MR) is 36.8 cm³/mol. The van der Waals surface area contributed by atoms with Gasteiger partial charge in [0.05, 0.1) is 0 Å². The molecule has 0 unspecified atom stereocenters. The number of hydrogen-bond acceptors (Lipinski definition) is 5. The van der Waals surface area contributed by atoms with Gasteiger partial charge in [-0.2, -0.15) is 8.42 Å². The second kappa shape index (κ2) is 6.13. The molecule has 11 heteroatoms. The van der Waals surface area contributed by atoms with Crippen molar-refractivity contribution in [2.45, 2.75) is 0 Å². The summed E-state index contributed by atoms with van der Waals surface area (Å²) in [7, 11) is -10.2. The minimum atomic E-state index is -5.13. The molecule has 0 fully saturated rings. The third-order valence-corrected chi connectivity index (χ3v) is 1.72. The fraction of sp³-hybridized carbons (Fsp3) is 0. The maximum absolute atomic E-state index is 9.58. The van der Waals surface area contributed by atoms with Crippen LogP contribution < -0.4 is 6.15 Å². The van der Waals surface area contributed by atoms with Crippen LogP contribution in [0.5, 0.6) is 0 Å². The number of hydrogen-bond donors (Lipinski definition) is 4. The maximum atomic E-state index is 9.58. The van der Waals surface area contributed by atoms with Gasteiger partial charge in [0.1, 0.15) is 0 Å². The fourth-order valence-electron chi connectivity index (χ4n) is 0.123. The van der Waals surface area contributed by atoms with Crippen LogP contribution >= 0.6 is 7.82 Å². The van der Waals surface area contributed by atoms with Crippen molar-refractivity contribution in [3.8, 4) is 0 Å². The summed E-state index contributed by atoms with van der Waals surface area (Å²) in [4.78, 5) is 15.4. The van der Waals surface area contributed by atoms with Crippen molar-refractivity contribution >= 4 is 69.6 Å². The molecular weight excluding hydrogens is 228 g/mol. The molecule has 11 heavy (non-hydrogen) atoms. The van der Waals surface area contributed by atoms with Gasteiger partial charge in [-0.1, -0.05) is 0 Å². The van der Waals surface area contributed by atoms with Crippen molar-refractivity contribution in [2.24, 2.45) is 0 Å². The van der Waals surface area contributed by atoms with Gasteiger partial charge in [-0.05, 0) is 0 Å². The van der Waals surface area contributed by atoms with Crippen LogP contribution in [0, 0.1) is 0 Å². The van der Waals surface area contributed by atoms with Crippen molar-refractivity contribution in [3.63, 3.8) is 0 Å². The van der Waals surface area contributed by atoms with E-state index in [0.717, 1.165) is 0 Å². The molecule has 6 N–H and O–H groups in total. The average molecular weight is 235 g/mol. The molecule has 0 aliphatic heterocycles. The number of phosphoric acid groups is 1. The summed E-state index contributed by atoms with van der Waals surface area (Å²) in [6, 6.07) is 0. The molecule has 8 nitrogen and oxygen atoms in total. The Labute approximate surface area is 106 Å². The molecular formula is H7KNO7PS. The van der Waals surface area contributed by atoms with E-state index >= 15 is 0 Å². The summed E-state index contributed by atoms with van der Waals surface area (Å²) in [6.07, 6.45) is 0. The van der Waals surface area contributed by atoms with Crippen molar-refractivity contribution in [3.05, 3.63) is 0 Å². The summed E-state index contributed by atoms with van der Waals surface area (Å²) in [6.45, 7) is 0. The SMILES string of the molecule is N.O=P(O)(O)OS(=O)(=O)O.[KH]. The van der Waals surface area contributed by atoms with Gasteiger partial charge in [0.25, 0.3) is 0 Å². The summed E-state index contributed by atoms with van der Waals surface area (Å²) < 4.78 is 39.0. The number of rotatable bonds is 2. The Morgan fingerprint density at radius 3 is 1.55 bits per heavy atom. The summed E-state index contributed by atoms with van der Waals surface area (Å²) in [5.41, 5.74) is 0. The third kappa shape index (κ3) is 18.5. The molecule has 0 spiro atoms. The van der Waals surface area contributed by atoms with Crippen molar-refractivity contribution in [1.29, 1.82) is 0 Å². The standard InChI is InChI=1S/K.H3N.H3O7PS.H/c;;1-8(2,3)7-9(4,5)6;/h;1H3;(H2,1,2,3)(H,4,5,6);. The Morgan fingerprint density at radius 2 is 1.55 bits per heavy atom. The molecule has 0 heterocycles. The quantitative estimate of drug-likeness (QED) is 0.253. The predicted octanol–water partition coefficient (Wildman–Crippen LogP) is -1.59. The molecule has 0 saturated heterocycles. The molecule has 0 amide bonds. The third-order valence-electron chi connectivity index (χ3n) is 0.191. The van der Waals surface area contributed by atoms with E-state index in [-0.39, 0.29) is 57.5 Å². The van der Waals surface area contributed by atoms with Crippen LogP contribution in [0.3, 0.4) is 0 Å². The molecule has 0 bridgehead atoms. The van der Waals surface area contributed by atoms with Crippen LogP contribution in [0.1, 0.15) is 0 Å². The van der Waals surface area contributed by atoms with Gasteiger partial charge in [-0.3, -0.25) is 4.55 Å². The van der Waals surface area contributed by atoms with E-state index in [0.29, 0.717) is 0 Å². The van der Waals surface area contributed by atoms with Gasteiger partial charge in [0.2, 0.25) is 0 Å². The molecule has 0 atom stereocenters. The first-order chi connectivity index (χ1) is 3.71. The second-order valence-corrected chi connectivity index (χ2v) is 3.43. The van der Waals surface area contributed by atoms with E-state index in [9.17, 15) is 13.0 Å². The molecule has 0 rings (SSSR count). The normalized spacial score (nSPS) is 11.2. The van der Waals surface area contributed by atoms with Gasteiger partial charge in [-0.25, -0.2) is 4.57 Å². The molecule has 0 aromatic carbocycles. The Hall–Kier alpha value is 1.62. The van der Waals surface area contributed by atoms with E-state index in [4.69, 9.17) is 14.3 Å². The van der Waals surface area contributed by atoms with Crippen LogP contribution in [-0.4, -0.2) is 74.1 Å². The fourth-order valence-corrected chi connectivity index (χ4v) is 1.10. The zero-order valence-corrected chi connectivity index (χ0v) is 6.25. The topological polar surface area (TPSA) is 156 Å². The zero-order chi connectivity index (χ0) is 7.71. The zero-order valence-electron chi connectivity index (χ0n) is 4.54. The van der Waals surface area contributed by atoms with Crippen LogP contribution in [0.2, 0.25) is 0 Å². The van der Waals surface area contributed by atoms with Gasteiger partial charge >= 0.3 is 69.6 Å². The monoisotopic (exact) mass is 235 g/mol. The summed E-state index contributed by atoms with van der Waals surface area (Å²) in [5, 5.41) is 0. The van der Waals surface area contributed by atoms with Crippen LogP contribution in [0.25, 0.3) is 0 Å².